The Morgan fingerprint density at radius 2 is 1.56 bits per heavy atom. The highest BCUT2D eigenvalue weighted by atomic mass is 35.5. The van der Waals surface area contributed by atoms with Gasteiger partial charge in [0.1, 0.15) is 18.4 Å². The molecule has 0 aliphatic heterocycles. The lowest BCUT2D eigenvalue weighted by atomic mass is 10.1. The summed E-state index contributed by atoms with van der Waals surface area (Å²) in [6.07, 6.45) is 1.61. The van der Waals surface area contributed by atoms with Gasteiger partial charge in [-0.3, -0.25) is 13.9 Å². The third kappa shape index (κ3) is 7.50. The summed E-state index contributed by atoms with van der Waals surface area (Å²) < 4.78 is 42.9. The number of anilines is 1. The summed E-state index contributed by atoms with van der Waals surface area (Å²) in [6, 6.07) is 16.5. The molecule has 39 heavy (non-hydrogen) atoms. The normalized spacial score (nSPS) is 12.0. The molecule has 0 spiro atoms. The van der Waals surface area contributed by atoms with Crippen LogP contribution in [0.5, 0.6) is 0 Å². The van der Waals surface area contributed by atoms with Gasteiger partial charge in [0.25, 0.3) is 10.0 Å². The van der Waals surface area contributed by atoms with Crippen molar-refractivity contribution in [3.63, 3.8) is 0 Å². The number of para-hydroxylation sites is 1. The zero-order valence-corrected chi connectivity index (χ0v) is 23.9. The molecule has 0 aliphatic carbocycles. The van der Waals surface area contributed by atoms with Crippen molar-refractivity contribution in [2.45, 2.75) is 44.2 Å². The van der Waals surface area contributed by atoms with Crippen molar-refractivity contribution in [1.82, 2.24) is 10.2 Å². The van der Waals surface area contributed by atoms with Gasteiger partial charge in [-0.05, 0) is 49.7 Å². The van der Waals surface area contributed by atoms with Gasteiger partial charge >= 0.3 is 0 Å². The van der Waals surface area contributed by atoms with Crippen molar-refractivity contribution in [2.75, 3.05) is 17.4 Å². The SMILES string of the molecule is CCCCNC(=O)[C@@H](C)N(Cc1c(Cl)cccc1Cl)C(=O)CN(c1ccccc1F)S(=O)(=O)c1ccccc1. The second-order valence-electron chi connectivity index (χ2n) is 8.82. The van der Waals surface area contributed by atoms with Gasteiger partial charge in [0.2, 0.25) is 11.8 Å². The predicted octanol–water partition coefficient (Wildman–Crippen LogP) is 5.66. The van der Waals surface area contributed by atoms with E-state index in [-0.39, 0.29) is 27.2 Å². The van der Waals surface area contributed by atoms with E-state index in [1.807, 2.05) is 6.92 Å². The summed E-state index contributed by atoms with van der Waals surface area (Å²) in [6.45, 7) is 2.99. The van der Waals surface area contributed by atoms with Crippen LogP contribution in [0, 0.1) is 5.82 Å². The molecule has 0 heterocycles. The maximum absolute atomic E-state index is 14.9. The Kier molecular flexibility index (Phi) is 10.7. The number of sulfonamides is 1. The molecule has 1 N–H and O–H groups in total. The first-order chi connectivity index (χ1) is 18.6. The van der Waals surface area contributed by atoms with Gasteiger partial charge in [-0.15, -0.1) is 0 Å². The van der Waals surface area contributed by atoms with Crippen molar-refractivity contribution in [1.29, 1.82) is 0 Å². The Morgan fingerprint density at radius 3 is 2.18 bits per heavy atom. The van der Waals surface area contributed by atoms with Crippen LogP contribution in [0.4, 0.5) is 10.1 Å². The first kappa shape index (κ1) is 30.4. The molecule has 2 amide bonds. The van der Waals surface area contributed by atoms with Crippen LogP contribution in [-0.4, -0.2) is 44.3 Å². The lowest BCUT2D eigenvalue weighted by Crippen LogP contribution is -2.51. The van der Waals surface area contributed by atoms with Crippen molar-refractivity contribution in [3.8, 4) is 0 Å². The number of hydrogen-bond donors (Lipinski definition) is 1. The van der Waals surface area contributed by atoms with Crippen LogP contribution in [0.1, 0.15) is 32.3 Å². The molecule has 3 aromatic carbocycles. The summed E-state index contributed by atoms with van der Waals surface area (Å²) in [5, 5.41) is 3.35. The van der Waals surface area contributed by atoms with Gasteiger partial charge in [0.15, 0.2) is 0 Å². The Labute approximate surface area is 238 Å². The van der Waals surface area contributed by atoms with Gasteiger partial charge in [0, 0.05) is 28.7 Å². The number of halogens is 3. The highest BCUT2D eigenvalue weighted by Gasteiger charge is 2.34. The van der Waals surface area contributed by atoms with Crippen LogP contribution >= 0.6 is 23.2 Å². The number of hydrogen-bond acceptors (Lipinski definition) is 4. The van der Waals surface area contributed by atoms with Crippen molar-refractivity contribution >= 4 is 50.7 Å². The van der Waals surface area contributed by atoms with Gasteiger partial charge < -0.3 is 10.2 Å². The Morgan fingerprint density at radius 1 is 0.949 bits per heavy atom. The number of rotatable bonds is 12. The van der Waals surface area contributed by atoms with Gasteiger partial charge in [-0.2, -0.15) is 0 Å². The largest absolute Gasteiger partial charge is 0.354 e. The average Bonchev–Trinajstić information content (AvgIpc) is 2.92. The fourth-order valence-corrected chi connectivity index (χ4v) is 5.82. The molecule has 0 bridgehead atoms. The number of unbranched alkanes of at least 4 members (excludes halogenated alkanes) is 1. The second-order valence-corrected chi connectivity index (χ2v) is 11.5. The van der Waals surface area contributed by atoms with Crippen LogP contribution in [0.3, 0.4) is 0 Å². The van der Waals surface area contributed by atoms with Crippen LogP contribution in [-0.2, 0) is 26.2 Å². The first-order valence-corrected chi connectivity index (χ1v) is 14.6. The van der Waals surface area contributed by atoms with Crippen molar-refractivity contribution in [3.05, 3.63) is 94.2 Å². The van der Waals surface area contributed by atoms with Gasteiger partial charge in [-0.25, -0.2) is 12.8 Å². The fraction of sp³-hybridized carbons (Fsp3) is 0.286. The predicted molar refractivity (Wildman–Crippen MR) is 152 cm³/mol. The molecule has 3 aromatic rings. The standard InChI is InChI=1S/C28H30Cl2FN3O4S/c1-3-4-17-32-28(36)20(2)33(18-22-23(29)13-10-14-24(22)30)27(35)19-34(26-16-9-8-15-25(26)31)39(37,38)21-11-6-5-7-12-21/h5-16,20H,3-4,17-19H2,1-2H3,(H,32,36)/t20-/m1/s1. The summed E-state index contributed by atoms with van der Waals surface area (Å²) >= 11 is 12.7. The van der Waals surface area contributed by atoms with Crippen LogP contribution in [0.25, 0.3) is 0 Å². The van der Waals surface area contributed by atoms with Gasteiger partial charge in [-0.1, -0.05) is 72.9 Å². The van der Waals surface area contributed by atoms with E-state index in [0.29, 0.717) is 16.4 Å². The number of nitrogens with one attached hydrogen (secondary N) is 1. The minimum Gasteiger partial charge on any atom is -0.354 e. The Balaban J connectivity index is 2.04. The average molecular weight is 595 g/mol. The number of nitrogens with zero attached hydrogens (tertiary/aromatic N) is 2. The van der Waals surface area contributed by atoms with E-state index in [4.69, 9.17) is 23.2 Å². The number of amides is 2. The lowest BCUT2D eigenvalue weighted by molar-refractivity contribution is -0.139. The zero-order valence-electron chi connectivity index (χ0n) is 21.6. The molecule has 0 saturated heterocycles. The smallest absolute Gasteiger partial charge is 0.264 e. The van der Waals surface area contributed by atoms with Gasteiger partial charge in [0.05, 0.1) is 10.6 Å². The topological polar surface area (TPSA) is 86.8 Å². The molecule has 0 saturated carbocycles. The monoisotopic (exact) mass is 593 g/mol. The lowest BCUT2D eigenvalue weighted by Gasteiger charge is -2.32. The quantitative estimate of drug-likeness (QED) is 0.274. The van der Waals surface area contributed by atoms with E-state index in [9.17, 15) is 22.4 Å². The summed E-state index contributed by atoms with van der Waals surface area (Å²) in [4.78, 5) is 27.9. The molecule has 0 unspecified atom stereocenters. The number of benzene rings is 3. The second kappa shape index (κ2) is 13.8. The maximum Gasteiger partial charge on any atom is 0.264 e. The fourth-order valence-electron chi connectivity index (χ4n) is 3.86. The third-order valence-electron chi connectivity index (χ3n) is 6.12. The number of carbonyl (C=O) groups is 2. The Bertz CT molecular complexity index is 1390. The zero-order chi connectivity index (χ0) is 28.6. The highest BCUT2D eigenvalue weighted by Crippen LogP contribution is 2.29. The van der Waals surface area contributed by atoms with E-state index >= 15 is 0 Å². The molecular weight excluding hydrogens is 564 g/mol. The van der Waals surface area contributed by atoms with Crippen LogP contribution in [0.15, 0.2) is 77.7 Å². The molecule has 7 nitrogen and oxygen atoms in total. The minimum absolute atomic E-state index is 0.118. The molecule has 0 aromatic heterocycles. The third-order valence-corrected chi connectivity index (χ3v) is 8.60. The Hall–Kier alpha value is -3.14. The van der Waals surface area contributed by atoms with E-state index in [2.05, 4.69) is 5.32 Å². The molecule has 0 aliphatic rings. The number of carbonyl (C=O) groups excluding carboxylic acids is 2. The van der Waals surface area contributed by atoms with E-state index < -0.39 is 40.2 Å². The van der Waals surface area contributed by atoms with E-state index in [1.54, 1.807) is 24.3 Å². The molecular formula is C28H30Cl2FN3O4S. The summed E-state index contributed by atoms with van der Waals surface area (Å²) in [7, 11) is -4.36. The first-order valence-electron chi connectivity index (χ1n) is 12.4. The molecule has 11 heteroatoms. The maximum atomic E-state index is 14.9. The minimum atomic E-state index is -4.36. The van der Waals surface area contributed by atoms with E-state index in [1.165, 1.54) is 54.3 Å². The molecule has 1 atom stereocenters. The van der Waals surface area contributed by atoms with Crippen molar-refractivity contribution in [2.24, 2.45) is 0 Å². The summed E-state index contributed by atoms with van der Waals surface area (Å²) in [5.41, 5.74) is 0.0937. The highest BCUT2D eigenvalue weighted by molar-refractivity contribution is 7.92. The summed E-state index contributed by atoms with van der Waals surface area (Å²) in [5.74, 6) is -1.99. The molecule has 208 valence electrons. The molecule has 0 radical (unpaired) electrons. The van der Waals surface area contributed by atoms with Crippen molar-refractivity contribution < 1.29 is 22.4 Å². The molecule has 3 rings (SSSR count). The van der Waals surface area contributed by atoms with Crippen LogP contribution in [0.2, 0.25) is 10.0 Å². The van der Waals surface area contributed by atoms with E-state index in [0.717, 1.165) is 18.9 Å². The van der Waals surface area contributed by atoms with Crippen LogP contribution < -0.4 is 9.62 Å². The molecule has 0 fully saturated rings.